The average Bonchev–Trinajstić information content (AvgIpc) is 3.10. The van der Waals surface area contributed by atoms with E-state index in [2.05, 4.69) is 4.98 Å². The second kappa shape index (κ2) is 6.73. The monoisotopic (exact) mass is 396 g/mol. The van der Waals surface area contributed by atoms with Gasteiger partial charge in [0.05, 0.1) is 21.8 Å². The van der Waals surface area contributed by atoms with Gasteiger partial charge in [-0.1, -0.05) is 36.4 Å². The van der Waals surface area contributed by atoms with E-state index in [1.807, 2.05) is 30.3 Å². The highest BCUT2D eigenvalue weighted by Crippen LogP contribution is 2.35. The molecule has 0 radical (unpaired) electrons. The molecular formula is C21H11F3N2OS. The highest BCUT2D eigenvalue weighted by Gasteiger charge is 2.31. The Bertz CT molecular complexity index is 1250. The molecule has 7 heteroatoms. The van der Waals surface area contributed by atoms with Crippen LogP contribution in [0.4, 0.5) is 13.2 Å². The highest BCUT2D eigenvalue weighted by atomic mass is 32.1. The van der Waals surface area contributed by atoms with Gasteiger partial charge in [-0.25, -0.2) is 4.98 Å². The minimum absolute atomic E-state index is 0.190. The first kappa shape index (κ1) is 18.1. The lowest BCUT2D eigenvalue weighted by Gasteiger charge is -2.06. The van der Waals surface area contributed by atoms with Crippen LogP contribution in [-0.2, 0) is 6.18 Å². The van der Waals surface area contributed by atoms with Crippen LogP contribution in [0.5, 0.6) is 0 Å². The quantitative estimate of drug-likeness (QED) is 0.402. The highest BCUT2D eigenvalue weighted by molar-refractivity contribution is 7.18. The molecule has 0 N–H and O–H groups in total. The van der Waals surface area contributed by atoms with Gasteiger partial charge >= 0.3 is 6.18 Å². The second-order valence-corrected chi connectivity index (χ2v) is 7.28. The van der Waals surface area contributed by atoms with Crippen LogP contribution in [0.1, 0.15) is 26.8 Å². The molecule has 0 saturated heterocycles. The molecule has 28 heavy (non-hydrogen) atoms. The van der Waals surface area contributed by atoms with Gasteiger partial charge in [-0.05, 0) is 35.0 Å². The SMILES string of the molecule is N#CC(C(=O)c1ccc2ccccc2c1)c1nc2ccc(C(F)(F)F)cc2s1. The van der Waals surface area contributed by atoms with Gasteiger partial charge < -0.3 is 0 Å². The zero-order chi connectivity index (χ0) is 19.9. The second-order valence-electron chi connectivity index (χ2n) is 6.22. The van der Waals surface area contributed by atoms with E-state index in [1.165, 1.54) is 6.07 Å². The van der Waals surface area contributed by atoms with Crippen LogP contribution in [0.25, 0.3) is 21.0 Å². The lowest BCUT2D eigenvalue weighted by molar-refractivity contribution is -0.137. The van der Waals surface area contributed by atoms with Gasteiger partial charge in [0, 0.05) is 5.56 Å². The van der Waals surface area contributed by atoms with Crippen molar-refractivity contribution in [2.45, 2.75) is 12.1 Å². The molecule has 3 nitrogen and oxygen atoms in total. The molecule has 1 unspecified atom stereocenters. The number of fused-ring (bicyclic) bond motifs is 2. The lowest BCUT2D eigenvalue weighted by Crippen LogP contribution is -2.11. The van der Waals surface area contributed by atoms with E-state index in [4.69, 9.17) is 0 Å². The number of carbonyl (C=O) groups excluding carboxylic acids is 1. The molecule has 138 valence electrons. The number of halogens is 3. The minimum atomic E-state index is -4.46. The summed E-state index contributed by atoms with van der Waals surface area (Å²) in [6, 6.07) is 17.8. The summed E-state index contributed by atoms with van der Waals surface area (Å²) >= 11 is 0.932. The van der Waals surface area contributed by atoms with Gasteiger partial charge in [-0.3, -0.25) is 4.79 Å². The van der Waals surface area contributed by atoms with Gasteiger partial charge in [0.2, 0.25) is 0 Å². The number of nitrogens with zero attached hydrogens (tertiary/aromatic N) is 2. The first-order valence-electron chi connectivity index (χ1n) is 8.27. The maximum absolute atomic E-state index is 12.9. The Hall–Kier alpha value is -3.24. The van der Waals surface area contributed by atoms with Crippen molar-refractivity contribution in [3.8, 4) is 6.07 Å². The van der Waals surface area contributed by atoms with Crippen molar-refractivity contribution >= 4 is 38.1 Å². The Labute approximate surface area is 161 Å². The lowest BCUT2D eigenvalue weighted by atomic mass is 9.97. The molecule has 0 fully saturated rings. The van der Waals surface area contributed by atoms with E-state index in [9.17, 15) is 23.2 Å². The largest absolute Gasteiger partial charge is 0.416 e. The van der Waals surface area contributed by atoms with Crippen molar-refractivity contribution in [3.63, 3.8) is 0 Å². The number of hydrogen-bond donors (Lipinski definition) is 0. The molecule has 0 aliphatic carbocycles. The van der Waals surface area contributed by atoms with E-state index in [0.29, 0.717) is 11.1 Å². The molecule has 1 atom stereocenters. The van der Waals surface area contributed by atoms with Crippen LogP contribution in [0.15, 0.2) is 60.7 Å². The molecule has 0 spiro atoms. The third kappa shape index (κ3) is 3.23. The summed E-state index contributed by atoms with van der Waals surface area (Å²) in [6.07, 6.45) is -4.46. The minimum Gasteiger partial charge on any atom is -0.292 e. The Balaban J connectivity index is 1.73. The number of ketones is 1. The summed E-state index contributed by atoms with van der Waals surface area (Å²) in [5.41, 5.74) is -0.0930. The maximum atomic E-state index is 12.9. The standard InChI is InChI=1S/C21H11F3N2OS/c22-21(23,24)15-7-8-17-18(10-15)28-20(26-17)16(11-25)19(27)14-6-5-12-3-1-2-4-13(12)9-14/h1-10,16H. The van der Waals surface area contributed by atoms with Gasteiger partial charge in [0.25, 0.3) is 0 Å². The zero-order valence-electron chi connectivity index (χ0n) is 14.2. The van der Waals surface area contributed by atoms with Crippen molar-refractivity contribution in [1.29, 1.82) is 5.26 Å². The van der Waals surface area contributed by atoms with E-state index in [1.54, 1.807) is 18.2 Å². The third-order valence-electron chi connectivity index (χ3n) is 4.40. The third-order valence-corrected chi connectivity index (χ3v) is 5.49. The molecule has 0 aliphatic rings. The van der Waals surface area contributed by atoms with E-state index >= 15 is 0 Å². The van der Waals surface area contributed by atoms with Crippen LogP contribution < -0.4 is 0 Å². The molecule has 3 aromatic carbocycles. The number of hydrogen-bond acceptors (Lipinski definition) is 4. The summed E-state index contributed by atoms with van der Waals surface area (Å²) in [6.45, 7) is 0. The van der Waals surface area contributed by atoms with Crippen molar-refractivity contribution in [3.05, 3.63) is 76.8 Å². The Morgan fingerprint density at radius 3 is 2.50 bits per heavy atom. The number of nitriles is 1. The normalized spacial score (nSPS) is 12.8. The van der Waals surface area contributed by atoms with Crippen molar-refractivity contribution in [1.82, 2.24) is 4.98 Å². The summed E-state index contributed by atoms with van der Waals surface area (Å²) in [7, 11) is 0. The molecule has 0 bridgehead atoms. The Morgan fingerprint density at radius 1 is 1.04 bits per heavy atom. The van der Waals surface area contributed by atoms with Gasteiger partial charge in [-0.15, -0.1) is 11.3 Å². The van der Waals surface area contributed by atoms with Crippen molar-refractivity contribution in [2.24, 2.45) is 0 Å². The topological polar surface area (TPSA) is 53.8 Å². The van der Waals surface area contributed by atoms with Crippen LogP contribution in [0.2, 0.25) is 0 Å². The van der Waals surface area contributed by atoms with Crippen LogP contribution >= 0.6 is 11.3 Å². The fourth-order valence-corrected chi connectivity index (χ4v) is 4.03. The summed E-state index contributed by atoms with van der Waals surface area (Å²) in [4.78, 5) is 17.1. The molecule has 4 aromatic rings. The number of rotatable bonds is 3. The maximum Gasteiger partial charge on any atom is 0.416 e. The summed E-state index contributed by atoms with van der Waals surface area (Å²) in [5.74, 6) is -1.60. The van der Waals surface area contributed by atoms with E-state index < -0.39 is 23.4 Å². The fourth-order valence-electron chi connectivity index (χ4n) is 2.98. The Morgan fingerprint density at radius 2 is 1.79 bits per heavy atom. The molecule has 1 aromatic heterocycles. The van der Waals surface area contributed by atoms with Crippen molar-refractivity contribution < 1.29 is 18.0 Å². The number of carbonyl (C=O) groups is 1. The Kier molecular flexibility index (Phi) is 4.36. The zero-order valence-corrected chi connectivity index (χ0v) is 15.0. The predicted octanol–water partition coefficient (Wildman–Crippen LogP) is 5.96. The number of alkyl halides is 3. The van der Waals surface area contributed by atoms with Gasteiger partial charge in [-0.2, -0.15) is 18.4 Å². The molecule has 4 rings (SSSR count). The number of thiazole rings is 1. The molecule has 1 heterocycles. The summed E-state index contributed by atoms with van der Waals surface area (Å²) in [5, 5.41) is 11.6. The van der Waals surface area contributed by atoms with E-state index in [-0.39, 0.29) is 9.71 Å². The van der Waals surface area contributed by atoms with E-state index in [0.717, 1.165) is 34.2 Å². The molecule has 0 amide bonds. The number of benzene rings is 3. The van der Waals surface area contributed by atoms with Gasteiger partial charge in [0.15, 0.2) is 11.7 Å². The smallest absolute Gasteiger partial charge is 0.292 e. The average molecular weight is 396 g/mol. The van der Waals surface area contributed by atoms with Crippen LogP contribution in [-0.4, -0.2) is 10.8 Å². The van der Waals surface area contributed by atoms with Crippen LogP contribution in [0.3, 0.4) is 0 Å². The first-order chi connectivity index (χ1) is 13.4. The van der Waals surface area contributed by atoms with Crippen molar-refractivity contribution in [2.75, 3.05) is 0 Å². The van der Waals surface area contributed by atoms with Gasteiger partial charge in [0.1, 0.15) is 5.01 Å². The molecule has 0 aliphatic heterocycles. The fraction of sp³-hybridized carbons (Fsp3) is 0.0952. The molecular weight excluding hydrogens is 385 g/mol. The summed E-state index contributed by atoms with van der Waals surface area (Å²) < 4.78 is 39.0. The van der Waals surface area contributed by atoms with Crippen LogP contribution in [0, 0.1) is 11.3 Å². The molecule has 0 saturated carbocycles. The first-order valence-corrected chi connectivity index (χ1v) is 9.09. The number of aromatic nitrogens is 1. The predicted molar refractivity (Wildman–Crippen MR) is 101 cm³/mol. The number of Topliss-reactive ketones (excluding diaryl/α,β-unsaturated/α-hetero) is 1.